The molecule has 0 N–H and O–H groups in total. The van der Waals surface area contributed by atoms with Crippen LogP contribution in [-0.2, 0) is 0 Å². The summed E-state index contributed by atoms with van der Waals surface area (Å²) >= 11 is 0. The molecule has 0 spiro atoms. The van der Waals surface area contributed by atoms with Gasteiger partial charge in [0, 0.05) is 22.5 Å². The van der Waals surface area contributed by atoms with Crippen molar-refractivity contribution in [3.05, 3.63) is 185 Å². The minimum absolute atomic E-state index is 0.534. The predicted octanol–water partition coefficient (Wildman–Crippen LogP) is 13.1. The summed E-state index contributed by atoms with van der Waals surface area (Å²) in [7, 11) is 0. The molecule has 5 heteroatoms. The Kier molecular flexibility index (Phi) is 9.22. The molecule has 5 nitrogen and oxygen atoms in total. The number of aryl methyl sites for hydroxylation is 6. The Morgan fingerprint density at radius 1 is 0.352 bits per heavy atom. The average Bonchev–Trinajstić information content (AvgIpc) is 3.17. The Balaban J connectivity index is 1.39. The first-order chi connectivity index (χ1) is 26.2. The number of benzene rings is 7. The van der Waals surface area contributed by atoms with Crippen LogP contribution < -0.4 is 9.80 Å². The van der Waals surface area contributed by atoms with Gasteiger partial charge in [-0.2, -0.15) is 9.97 Å². The first-order valence-electron chi connectivity index (χ1n) is 18.5. The molecule has 0 radical (unpaired) electrons. The number of aromatic nitrogens is 3. The fraction of sp³-hybridized carbons (Fsp3) is 0.122. The zero-order valence-electron chi connectivity index (χ0n) is 31.7. The van der Waals surface area contributed by atoms with Gasteiger partial charge in [-0.05, 0) is 105 Å². The molecule has 0 aliphatic carbocycles. The van der Waals surface area contributed by atoms with Gasteiger partial charge in [-0.25, -0.2) is 4.98 Å². The van der Waals surface area contributed by atoms with Gasteiger partial charge in [-0.1, -0.05) is 132 Å². The zero-order valence-corrected chi connectivity index (χ0v) is 31.7. The van der Waals surface area contributed by atoms with E-state index in [4.69, 9.17) is 15.0 Å². The average molecular weight is 702 g/mol. The Morgan fingerprint density at radius 3 is 1.31 bits per heavy atom. The van der Waals surface area contributed by atoms with Crippen molar-refractivity contribution in [3.8, 4) is 22.8 Å². The summed E-state index contributed by atoms with van der Waals surface area (Å²) in [6, 6.07) is 53.1. The molecule has 0 atom stereocenters. The molecule has 0 fully saturated rings. The largest absolute Gasteiger partial charge is 0.309 e. The van der Waals surface area contributed by atoms with Crippen LogP contribution in [0.15, 0.2) is 152 Å². The fourth-order valence-electron chi connectivity index (χ4n) is 7.78. The van der Waals surface area contributed by atoms with Gasteiger partial charge in [0.05, 0.1) is 17.1 Å². The van der Waals surface area contributed by atoms with Crippen LogP contribution in [0.4, 0.5) is 34.4 Å². The highest BCUT2D eigenvalue weighted by atomic mass is 15.3. The lowest BCUT2D eigenvalue weighted by Gasteiger charge is -2.33. The van der Waals surface area contributed by atoms with E-state index in [1.165, 1.54) is 50.1 Å². The molecule has 54 heavy (non-hydrogen) atoms. The van der Waals surface area contributed by atoms with Gasteiger partial charge in [0.25, 0.3) is 0 Å². The van der Waals surface area contributed by atoms with Crippen LogP contribution >= 0.6 is 0 Å². The van der Waals surface area contributed by atoms with Crippen molar-refractivity contribution in [2.45, 2.75) is 41.5 Å². The number of fused-ring (bicyclic) bond motifs is 1. The lowest BCUT2D eigenvalue weighted by Crippen LogP contribution is -2.18. The molecular formula is C49H43N5. The maximum absolute atomic E-state index is 5.22. The highest BCUT2D eigenvalue weighted by Crippen LogP contribution is 2.45. The standard InChI is InChI=1S/C49H43N5/c1-32-26-34(3)45(35(4)27-32)54(46-36(5)28-33(2)29-37(46)6)43-23-15-22-42(31-43)53(44-25-24-38-16-13-14-21-41(38)30-44)49-51-47(39-17-9-7-10-18-39)50-48(52-49)40-19-11-8-12-20-40/h7-31H,1-6H3. The van der Waals surface area contributed by atoms with Crippen molar-refractivity contribution in [1.82, 2.24) is 15.0 Å². The summed E-state index contributed by atoms with van der Waals surface area (Å²) < 4.78 is 0. The van der Waals surface area contributed by atoms with Crippen LogP contribution in [0, 0.1) is 41.5 Å². The first-order valence-corrected chi connectivity index (χ1v) is 18.5. The summed E-state index contributed by atoms with van der Waals surface area (Å²) in [4.78, 5) is 20.1. The van der Waals surface area contributed by atoms with Gasteiger partial charge in [0.1, 0.15) is 0 Å². The van der Waals surface area contributed by atoms with E-state index in [-0.39, 0.29) is 0 Å². The molecular weight excluding hydrogens is 659 g/mol. The summed E-state index contributed by atoms with van der Waals surface area (Å²) in [5.74, 6) is 1.76. The van der Waals surface area contributed by atoms with Crippen molar-refractivity contribution >= 4 is 45.2 Å². The zero-order chi connectivity index (χ0) is 37.3. The van der Waals surface area contributed by atoms with Crippen LogP contribution in [0.25, 0.3) is 33.5 Å². The molecule has 1 heterocycles. The second-order valence-corrected chi connectivity index (χ2v) is 14.2. The number of hydrogen-bond donors (Lipinski definition) is 0. The van der Waals surface area contributed by atoms with E-state index in [1.54, 1.807) is 0 Å². The molecule has 1 aromatic heterocycles. The van der Waals surface area contributed by atoms with Crippen molar-refractivity contribution < 1.29 is 0 Å². The molecule has 8 aromatic rings. The third kappa shape index (κ3) is 6.72. The predicted molar refractivity (Wildman–Crippen MR) is 226 cm³/mol. The van der Waals surface area contributed by atoms with E-state index < -0.39 is 0 Å². The van der Waals surface area contributed by atoms with E-state index in [2.05, 4.69) is 142 Å². The van der Waals surface area contributed by atoms with Crippen molar-refractivity contribution in [2.24, 2.45) is 0 Å². The highest BCUT2D eigenvalue weighted by Gasteiger charge is 2.24. The summed E-state index contributed by atoms with van der Waals surface area (Å²) in [5.41, 5.74) is 14.5. The molecule has 0 amide bonds. The lowest BCUT2D eigenvalue weighted by atomic mass is 9.98. The van der Waals surface area contributed by atoms with Gasteiger partial charge >= 0.3 is 0 Å². The molecule has 264 valence electrons. The van der Waals surface area contributed by atoms with Gasteiger partial charge in [0.15, 0.2) is 11.6 Å². The summed E-state index contributed by atoms with van der Waals surface area (Å²) in [6.45, 7) is 13.2. The topological polar surface area (TPSA) is 45.2 Å². The number of hydrogen-bond acceptors (Lipinski definition) is 5. The number of rotatable bonds is 8. The van der Waals surface area contributed by atoms with Gasteiger partial charge in [-0.3, -0.25) is 4.90 Å². The van der Waals surface area contributed by atoms with E-state index >= 15 is 0 Å². The maximum atomic E-state index is 5.22. The summed E-state index contributed by atoms with van der Waals surface area (Å²) in [5, 5.41) is 2.30. The van der Waals surface area contributed by atoms with Crippen molar-refractivity contribution in [1.29, 1.82) is 0 Å². The van der Waals surface area contributed by atoms with Crippen LogP contribution in [0.1, 0.15) is 33.4 Å². The highest BCUT2D eigenvalue weighted by molar-refractivity contribution is 5.90. The van der Waals surface area contributed by atoms with Crippen molar-refractivity contribution in [2.75, 3.05) is 9.80 Å². The Morgan fingerprint density at radius 2 is 0.796 bits per heavy atom. The quantitative estimate of drug-likeness (QED) is 0.158. The van der Waals surface area contributed by atoms with Crippen molar-refractivity contribution in [3.63, 3.8) is 0 Å². The van der Waals surface area contributed by atoms with Crippen LogP contribution in [-0.4, -0.2) is 15.0 Å². The Bertz CT molecular complexity index is 2470. The smallest absolute Gasteiger partial charge is 0.238 e. The Hall–Kier alpha value is -6.59. The maximum Gasteiger partial charge on any atom is 0.238 e. The number of anilines is 6. The molecule has 0 saturated heterocycles. The van der Waals surface area contributed by atoms with E-state index in [9.17, 15) is 0 Å². The second kappa shape index (κ2) is 14.4. The van der Waals surface area contributed by atoms with E-state index in [0.717, 1.165) is 33.6 Å². The molecule has 7 aromatic carbocycles. The minimum atomic E-state index is 0.534. The monoisotopic (exact) mass is 701 g/mol. The third-order valence-electron chi connectivity index (χ3n) is 9.94. The molecule has 0 unspecified atom stereocenters. The number of nitrogens with zero attached hydrogens (tertiary/aromatic N) is 5. The molecule has 8 rings (SSSR count). The molecule has 0 bridgehead atoms. The van der Waals surface area contributed by atoms with E-state index in [0.29, 0.717) is 17.6 Å². The van der Waals surface area contributed by atoms with Gasteiger partial charge < -0.3 is 4.90 Å². The third-order valence-corrected chi connectivity index (χ3v) is 9.94. The first kappa shape index (κ1) is 34.5. The van der Waals surface area contributed by atoms with Crippen LogP contribution in [0.2, 0.25) is 0 Å². The van der Waals surface area contributed by atoms with E-state index in [1.807, 2.05) is 60.7 Å². The fourth-order valence-corrected chi connectivity index (χ4v) is 7.78. The minimum Gasteiger partial charge on any atom is -0.309 e. The van der Waals surface area contributed by atoms with Gasteiger partial charge in [0.2, 0.25) is 5.95 Å². The molecule has 0 aliphatic rings. The Labute approximate surface area is 318 Å². The van der Waals surface area contributed by atoms with Gasteiger partial charge in [-0.15, -0.1) is 0 Å². The van der Waals surface area contributed by atoms with Crippen LogP contribution in [0.3, 0.4) is 0 Å². The normalized spacial score (nSPS) is 11.1. The lowest BCUT2D eigenvalue weighted by molar-refractivity contribution is 1.02. The SMILES string of the molecule is Cc1cc(C)c(N(c2cccc(N(c3ccc4ccccc4c3)c3nc(-c4ccccc4)nc(-c4ccccc4)n3)c2)c2c(C)cc(C)cc2C)c(C)c1. The second-order valence-electron chi connectivity index (χ2n) is 14.2. The molecule has 0 aliphatic heterocycles. The van der Waals surface area contributed by atoms with Crippen LogP contribution in [0.5, 0.6) is 0 Å². The molecule has 0 saturated carbocycles. The summed E-state index contributed by atoms with van der Waals surface area (Å²) in [6.07, 6.45) is 0.